The minimum Gasteiger partial charge on any atom is -0.349 e. The van der Waals surface area contributed by atoms with Crippen LogP contribution in [-0.4, -0.2) is 18.5 Å². The maximum atomic E-state index is 12.4. The van der Waals surface area contributed by atoms with E-state index in [0.29, 0.717) is 18.5 Å². The lowest BCUT2D eigenvalue weighted by atomic mass is 9.83. The molecule has 1 aliphatic rings. The Morgan fingerprint density at radius 2 is 1.90 bits per heavy atom. The van der Waals surface area contributed by atoms with Crippen LogP contribution in [0.5, 0.6) is 0 Å². The van der Waals surface area contributed by atoms with Crippen LogP contribution in [0.15, 0.2) is 24.3 Å². The molecule has 3 nitrogen and oxygen atoms in total. The molecule has 0 saturated heterocycles. The first kappa shape index (κ1) is 16.0. The molecule has 1 aliphatic carbocycles. The van der Waals surface area contributed by atoms with Gasteiger partial charge in [0.25, 0.3) is 5.91 Å². The zero-order valence-electron chi connectivity index (χ0n) is 13.1. The number of hydrogen-bond donors (Lipinski definition) is 2. The van der Waals surface area contributed by atoms with Gasteiger partial charge in [-0.3, -0.25) is 4.79 Å². The van der Waals surface area contributed by atoms with Gasteiger partial charge >= 0.3 is 0 Å². The van der Waals surface area contributed by atoms with E-state index in [1.165, 1.54) is 37.7 Å². The minimum atomic E-state index is 0.0618. The highest BCUT2D eigenvalue weighted by molar-refractivity contribution is 5.94. The van der Waals surface area contributed by atoms with Crippen molar-refractivity contribution in [2.45, 2.75) is 57.9 Å². The molecule has 1 atom stereocenters. The molecule has 1 aromatic rings. The van der Waals surface area contributed by atoms with Gasteiger partial charge in [-0.05, 0) is 55.8 Å². The molecular weight excluding hydrogens is 260 g/mol. The molecule has 1 saturated carbocycles. The first-order chi connectivity index (χ1) is 10.2. The van der Waals surface area contributed by atoms with Gasteiger partial charge in [-0.15, -0.1) is 0 Å². The number of hydrogen-bond acceptors (Lipinski definition) is 2. The fraction of sp³-hybridized carbons (Fsp3) is 0.611. The van der Waals surface area contributed by atoms with Crippen LogP contribution in [0.4, 0.5) is 0 Å². The molecule has 0 spiro atoms. The first-order valence-electron chi connectivity index (χ1n) is 8.34. The molecule has 0 heterocycles. The molecule has 3 heteroatoms. The molecule has 2 rings (SSSR count). The van der Waals surface area contributed by atoms with Crippen LogP contribution < -0.4 is 11.1 Å². The van der Waals surface area contributed by atoms with Gasteiger partial charge in [0, 0.05) is 11.6 Å². The van der Waals surface area contributed by atoms with Gasteiger partial charge in [0.15, 0.2) is 0 Å². The maximum absolute atomic E-state index is 12.4. The largest absolute Gasteiger partial charge is 0.349 e. The Bertz CT molecular complexity index is 435. The van der Waals surface area contributed by atoms with E-state index in [-0.39, 0.29) is 5.91 Å². The van der Waals surface area contributed by atoms with Crippen LogP contribution >= 0.6 is 0 Å². The molecule has 1 fully saturated rings. The lowest BCUT2D eigenvalue weighted by Gasteiger charge is -2.30. The topological polar surface area (TPSA) is 55.1 Å². The summed E-state index contributed by atoms with van der Waals surface area (Å²) in [5.41, 5.74) is 7.49. The minimum absolute atomic E-state index is 0.0618. The van der Waals surface area contributed by atoms with E-state index < -0.39 is 0 Å². The molecule has 1 unspecified atom stereocenters. The van der Waals surface area contributed by atoms with Crippen LogP contribution in [0.3, 0.4) is 0 Å². The number of nitrogens with two attached hydrogens (primary N) is 1. The average molecular weight is 288 g/mol. The zero-order chi connectivity index (χ0) is 15.1. The summed E-state index contributed by atoms with van der Waals surface area (Å²) in [5, 5.41) is 3.24. The second kappa shape index (κ2) is 8.18. The van der Waals surface area contributed by atoms with E-state index in [1.54, 1.807) is 0 Å². The Morgan fingerprint density at radius 3 is 2.48 bits per heavy atom. The molecule has 1 aromatic carbocycles. The van der Waals surface area contributed by atoms with Gasteiger partial charge in [-0.25, -0.2) is 0 Å². The third kappa shape index (κ3) is 4.57. The number of nitrogens with one attached hydrogen (secondary N) is 1. The Morgan fingerprint density at radius 1 is 1.24 bits per heavy atom. The Hall–Kier alpha value is -1.35. The third-order valence-electron chi connectivity index (χ3n) is 4.62. The normalized spacial score (nSPS) is 17.4. The molecular formula is C18H28N2O. The van der Waals surface area contributed by atoms with Gasteiger partial charge < -0.3 is 11.1 Å². The van der Waals surface area contributed by atoms with Crippen LogP contribution in [0.2, 0.25) is 0 Å². The highest BCUT2D eigenvalue weighted by atomic mass is 16.1. The summed E-state index contributed by atoms with van der Waals surface area (Å²) < 4.78 is 0. The standard InChI is InChI=1S/C18H28N2O/c1-2-17(15-6-4-3-5-7-15)20-18(21)16-10-8-14(9-11-16)12-13-19/h8-11,15,17H,2-7,12-13,19H2,1H3,(H,20,21). The highest BCUT2D eigenvalue weighted by Crippen LogP contribution is 2.27. The fourth-order valence-electron chi connectivity index (χ4n) is 3.33. The predicted octanol–water partition coefficient (Wildman–Crippen LogP) is 3.28. The van der Waals surface area contributed by atoms with Gasteiger partial charge in [-0.1, -0.05) is 38.3 Å². The number of carbonyl (C=O) groups excluding carboxylic acids is 1. The van der Waals surface area contributed by atoms with Crippen molar-refractivity contribution in [2.75, 3.05) is 6.54 Å². The Labute approximate surface area is 128 Å². The summed E-state index contributed by atoms with van der Waals surface area (Å²) in [6, 6.07) is 8.15. The number of carbonyl (C=O) groups is 1. The van der Waals surface area contributed by atoms with E-state index >= 15 is 0 Å². The van der Waals surface area contributed by atoms with Crippen molar-refractivity contribution in [3.63, 3.8) is 0 Å². The van der Waals surface area contributed by atoms with Crippen molar-refractivity contribution in [1.29, 1.82) is 0 Å². The van der Waals surface area contributed by atoms with Crippen LogP contribution in [0, 0.1) is 5.92 Å². The summed E-state index contributed by atoms with van der Waals surface area (Å²) >= 11 is 0. The SMILES string of the molecule is CCC(NC(=O)c1ccc(CCN)cc1)C1CCCCC1. The summed E-state index contributed by atoms with van der Waals surface area (Å²) in [7, 11) is 0. The Balaban J connectivity index is 1.94. The molecule has 3 N–H and O–H groups in total. The summed E-state index contributed by atoms with van der Waals surface area (Å²) in [6.45, 7) is 2.81. The molecule has 0 aromatic heterocycles. The van der Waals surface area contributed by atoms with Gasteiger partial charge in [0.2, 0.25) is 0 Å². The van der Waals surface area contributed by atoms with Crippen LogP contribution in [0.1, 0.15) is 61.4 Å². The number of benzene rings is 1. The van der Waals surface area contributed by atoms with Crippen molar-refractivity contribution in [3.05, 3.63) is 35.4 Å². The average Bonchev–Trinajstić information content (AvgIpc) is 2.54. The smallest absolute Gasteiger partial charge is 0.251 e. The quantitative estimate of drug-likeness (QED) is 0.844. The first-order valence-corrected chi connectivity index (χ1v) is 8.34. The van der Waals surface area contributed by atoms with Crippen molar-refractivity contribution >= 4 is 5.91 Å². The van der Waals surface area contributed by atoms with E-state index in [2.05, 4.69) is 12.2 Å². The second-order valence-corrected chi connectivity index (χ2v) is 6.12. The molecule has 21 heavy (non-hydrogen) atoms. The molecule has 0 aliphatic heterocycles. The zero-order valence-corrected chi connectivity index (χ0v) is 13.1. The molecule has 1 amide bonds. The lowest BCUT2D eigenvalue weighted by molar-refractivity contribution is 0.0911. The summed E-state index contributed by atoms with van der Waals surface area (Å²) in [6.07, 6.45) is 8.37. The van der Waals surface area contributed by atoms with E-state index in [9.17, 15) is 4.79 Å². The highest BCUT2D eigenvalue weighted by Gasteiger charge is 2.23. The number of rotatable bonds is 6. The summed E-state index contributed by atoms with van der Waals surface area (Å²) in [5.74, 6) is 0.718. The molecule has 116 valence electrons. The monoisotopic (exact) mass is 288 g/mol. The van der Waals surface area contributed by atoms with E-state index in [1.807, 2.05) is 24.3 Å². The predicted molar refractivity (Wildman–Crippen MR) is 87.3 cm³/mol. The van der Waals surface area contributed by atoms with Crippen molar-refractivity contribution in [3.8, 4) is 0 Å². The third-order valence-corrected chi connectivity index (χ3v) is 4.62. The number of amides is 1. The second-order valence-electron chi connectivity index (χ2n) is 6.12. The van der Waals surface area contributed by atoms with Crippen LogP contribution in [-0.2, 0) is 6.42 Å². The van der Waals surface area contributed by atoms with Gasteiger partial charge in [-0.2, -0.15) is 0 Å². The molecule has 0 bridgehead atoms. The van der Waals surface area contributed by atoms with Crippen LogP contribution in [0.25, 0.3) is 0 Å². The maximum Gasteiger partial charge on any atom is 0.251 e. The van der Waals surface area contributed by atoms with Crippen molar-refractivity contribution in [1.82, 2.24) is 5.32 Å². The van der Waals surface area contributed by atoms with Crippen molar-refractivity contribution < 1.29 is 4.79 Å². The molecule has 0 radical (unpaired) electrons. The Kier molecular flexibility index (Phi) is 6.24. The van der Waals surface area contributed by atoms with E-state index in [4.69, 9.17) is 5.73 Å². The fourth-order valence-corrected chi connectivity index (χ4v) is 3.33. The van der Waals surface area contributed by atoms with Gasteiger partial charge in [0.1, 0.15) is 0 Å². The van der Waals surface area contributed by atoms with E-state index in [0.717, 1.165) is 18.4 Å². The summed E-state index contributed by atoms with van der Waals surface area (Å²) in [4.78, 5) is 12.4. The lowest BCUT2D eigenvalue weighted by Crippen LogP contribution is -2.40. The van der Waals surface area contributed by atoms with Crippen molar-refractivity contribution in [2.24, 2.45) is 11.7 Å². The van der Waals surface area contributed by atoms with Gasteiger partial charge in [0.05, 0.1) is 0 Å².